The number of likely N-dealkylation sites (tertiary alicyclic amines) is 1. The molecule has 2 N–H and O–H groups in total. The molecule has 1 fully saturated rings. The van der Waals surface area contributed by atoms with Gasteiger partial charge < -0.3 is 15.4 Å². The molecule has 0 bridgehead atoms. The molecule has 18 heavy (non-hydrogen) atoms. The lowest BCUT2D eigenvalue weighted by Gasteiger charge is -2.31. The highest BCUT2D eigenvalue weighted by Gasteiger charge is 2.16. The molecule has 5 heteroatoms. The molecular formula is C13H25N3O2. The number of nitrogens with two attached hydrogens (primary N) is 1. The summed E-state index contributed by atoms with van der Waals surface area (Å²) in [6.07, 6.45) is 2.54. The zero-order valence-electron chi connectivity index (χ0n) is 11.7. The van der Waals surface area contributed by atoms with Gasteiger partial charge in [-0.3, -0.25) is 9.79 Å². The predicted molar refractivity (Wildman–Crippen MR) is 72.3 cm³/mol. The third-order valence-electron chi connectivity index (χ3n) is 3.06. The van der Waals surface area contributed by atoms with Crippen LogP contribution in [-0.4, -0.2) is 42.6 Å². The van der Waals surface area contributed by atoms with E-state index in [0.29, 0.717) is 18.9 Å². The minimum absolute atomic E-state index is 0.0672. The zero-order valence-corrected chi connectivity index (χ0v) is 11.7. The Labute approximate surface area is 109 Å². The van der Waals surface area contributed by atoms with Crippen LogP contribution in [0.1, 0.15) is 40.0 Å². The molecule has 0 atom stereocenters. The molecule has 5 nitrogen and oxygen atoms in total. The standard InChI is InChI=1S/C13H25N3O2/c1-10(2)18-12(17)4-7-15-13(14)16-8-5-11(3)6-9-16/h10-11H,4-9H2,1-3H3,(H2,14,15). The second kappa shape index (κ2) is 7.24. The fraction of sp³-hybridized carbons (Fsp3) is 0.846. The molecule has 1 aliphatic rings. The van der Waals surface area contributed by atoms with Crippen molar-refractivity contribution in [1.29, 1.82) is 0 Å². The van der Waals surface area contributed by atoms with Crippen molar-refractivity contribution >= 4 is 11.9 Å². The van der Waals surface area contributed by atoms with Crippen molar-refractivity contribution in [2.24, 2.45) is 16.6 Å². The Morgan fingerprint density at radius 1 is 1.44 bits per heavy atom. The van der Waals surface area contributed by atoms with Crippen LogP contribution in [0.4, 0.5) is 0 Å². The van der Waals surface area contributed by atoms with Crippen LogP contribution in [-0.2, 0) is 9.53 Å². The Morgan fingerprint density at radius 2 is 2.06 bits per heavy atom. The van der Waals surface area contributed by atoms with E-state index in [-0.39, 0.29) is 12.1 Å². The molecule has 0 amide bonds. The monoisotopic (exact) mass is 255 g/mol. The van der Waals surface area contributed by atoms with Gasteiger partial charge in [0.05, 0.1) is 19.1 Å². The molecule has 0 aromatic carbocycles. The maximum atomic E-state index is 11.3. The largest absolute Gasteiger partial charge is 0.463 e. The lowest BCUT2D eigenvalue weighted by molar-refractivity contribution is -0.147. The van der Waals surface area contributed by atoms with Gasteiger partial charge in [-0.05, 0) is 32.6 Å². The summed E-state index contributed by atoms with van der Waals surface area (Å²) in [7, 11) is 0. The summed E-state index contributed by atoms with van der Waals surface area (Å²) in [5.74, 6) is 1.11. The van der Waals surface area contributed by atoms with Crippen LogP contribution in [0, 0.1) is 5.92 Å². The van der Waals surface area contributed by atoms with Crippen molar-refractivity contribution < 1.29 is 9.53 Å². The van der Waals surface area contributed by atoms with Gasteiger partial charge in [0.25, 0.3) is 0 Å². The molecule has 1 heterocycles. The highest BCUT2D eigenvalue weighted by atomic mass is 16.5. The number of guanidine groups is 1. The molecule has 1 saturated heterocycles. The van der Waals surface area contributed by atoms with Crippen LogP contribution in [0.15, 0.2) is 4.99 Å². The number of nitrogens with zero attached hydrogens (tertiary/aromatic N) is 2. The van der Waals surface area contributed by atoms with E-state index in [9.17, 15) is 4.79 Å². The first kappa shape index (κ1) is 14.8. The van der Waals surface area contributed by atoms with E-state index in [1.807, 2.05) is 13.8 Å². The quantitative estimate of drug-likeness (QED) is 0.468. The van der Waals surface area contributed by atoms with Crippen molar-refractivity contribution in [3.63, 3.8) is 0 Å². The van der Waals surface area contributed by atoms with Gasteiger partial charge in [-0.25, -0.2) is 0 Å². The first-order chi connectivity index (χ1) is 8.49. The molecule has 0 aliphatic carbocycles. The molecule has 1 aliphatic heterocycles. The van der Waals surface area contributed by atoms with Crippen LogP contribution < -0.4 is 5.73 Å². The van der Waals surface area contributed by atoms with Crippen molar-refractivity contribution in [3.05, 3.63) is 0 Å². The number of esters is 1. The SMILES string of the molecule is CC1CCN(C(N)=NCCC(=O)OC(C)C)CC1. The van der Waals surface area contributed by atoms with Crippen LogP contribution in [0.3, 0.4) is 0 Å². The van der Waals surface area contributed by atoms with E-state index >= 15 is 0 Å². The zero-order chi connectivity index (χ0) is 13.5. The maximum absolute atomic E-state index is 11.3. The molecule has 0 radical (unpaired) electrons. The van der Waals surface area contributed by atoms with Gasteiger partial charge in [0.15, 0.2) is 5.96 Å². The van der Waals surface area contributed by atoms with Gasteiger partial charge in [-0.15, -0.1) is 0 Å². The van der Waals surface area contributed by atoms with Gasteiger partial charge in [0.2, 0.25) is 0 Å². The van der Waals surface area contributed by atoms with E-state index in [1.54, 1.807) is 0 Å². The molecule has 0 aromatic heterocycles. The molecule has 1 rings (SSSR count). The number of hydrogen-bond donors (Lipinski definition) is 1. The smallest absolute Gasteiger partial charge is 0.307 e. The Morgan fingerprint density at radius 3 is 2.61 bits per heavy atom. The maximum Gasteiger partial charge on any atom is 0.307 e. The van der Waals surface area contributed by atoms with Crippen molar-refractivity contribution in [3.8, 4) is 0 Å². The third-order valence-corrected chi connectivity index (χ3v) is 3.06. The summed E-state index contributed by atoms with van der Waals surface area (Å²) in [5, 5.41) is 0. The Balaban J connectivity index is 2.27. The van der Waals surface area contributed by atoms with Crippen molar-refractivity contribution in [1.82, 2.24) is 4.90 Å². The second-order valence-electron chi connectivity index (χ2n) is 5.20. The molecule has 0 saturated carbocycles. The Kier molecular flexibility index (Phi) is 5.95. The highest BCUT2D eigenvalue weighted by Crippen LogP contribution is 2.15. The minimum Gasteiger partial charge on any atom is -0.463 e. The number of hydrogen-bond acceptors (Lipinski definition) is 3. The van der Waals surface area contributed by atoms with Gasteiger partial charge in [-0.1, -0.05) is 6.92 Å². The number of aliphatic imine (C=N–C) groups is 1. The number of rotatable bonds is 4. The molecule has 104 valence electrons. The van der Waals surface area contributed by atoms with E-state index in [0.717, 1.165) is 31.8 Å². The highest BCUT2D eigenvalue weighted by molar-refractivity contribution is 5.78. The van der Waals surface area contributed by atoms with Crippen LogP contribution >= 0.6 is 0 Å². The topological polar surface area (TPSA) is 67.9 Å². The van der Waals surface area contributed by atoms with Crippen LogP contribution in [0.5, 0.6) is 0 Å². The average molecular weight is 255 g/mol. The van der Waals surface area contributed by atoms with Gasteiger partial charge in [0, 0.05) is 13.1 Å². The number of carbonyl (C=O) groups is 1. The molecular weight excluding hydrogens is 230 g/mol. The lowest BCUT2D eigenvalue weighted by atomic mass is 10.00. The van der Waals surface area contributed by atoms with Crippen molar-refractivity contribution in [2.45, 2.75) is 46.1 Å². The van der Waals surface area contributed by atoms with E-state index in [1.165, 1.54) is 0 Å². The van der Waals surface area contributed by atoms with E-state index in [4.69, 9.17) is 10.5 Å². The first-order valence-corrected chi connectivity index (χ1v) is 6.73. The summed E-state index contributed by atoms with van der Waals surface area (Å²) in [4.78, 5) is 17.6. The second-order valence-corrected chi connectivity index (χ2v) is 5.20. The molecule has 0 spiro atoms. The summed E-state index contributed by atoms with van der Waals surface area (Å²) in [6, 6.07) is 0. The Hall–Kier alpha value is -1.26. The molecule has 0 aromatic rings. The summed E-state index contributed by atoms with van der Waals surface area (Å²) >= 11 is 0. The average Bonchev–Trinajstić information content (AvgIpc) is 2.28. The lowest BCUT2D eigenvalue weighted by Crippen LogP contribution is -2.42. The third kappa shape index (κ3) is 5.38. The van der Waals surface area contributed by atoms with Gasteiger partial charge in [-0.2, -0.15) is 0 Å². The fourth-order valence-electron chi connectivity index (χ4n) is 1.92. The number of ether oxygens (including phenoxy) is 1. The minimum atomic E-state index is -0.214. The normalized spacial score (nSPS) is 18.2. The predicted octanol–water partition coefficient (Wildman–Crippen LogP) is 1.37. The number of piperidine rings is 1. The Bertz CT molecular complexity index is 295. The van der Waals surface area contributed by atoms with E-state index < -0.39 is 0 Å². The van der Waals surface area contributed by atoms with E-state index in [2.05, 4.69) is 16.8 Å². The number of carbonyl (C=O) groups excluding carboxylic acids is 1. The summed E-state index contributed by atoms with van der Waals surface area (Å²) < 4.78 is 5.03. The van der Waals surface area contributed by atoms with Gasteiger partial charge >= 0.3 is 5.97 Å². The first-order valence-electron chi connectivity index (χ1n) is 6.73. The van der Waals surface area contributed by atoms with Crippen LogP contribution in [0.25, 0.3) is 0 Å². The summed E-state index contributed by atoms with van der Waals surface area (Å²) in [5.41, 5.74) is 5.91. The molecule has 0 unspecified atom stereocenters. The van der Waals surface area contributed by atoms with Crippen LogP contribution in [0.2, 0.25) is 0 Å². The van der Waals surface area contributed by atoms with Crippen molar-refractivity contribution in [2.75, 3.05) is 19.6 Å². The fourth-order valence-corrected chi connectivity index (χ4v) is 1.92. The summed E-state index contributed by atoms with van der Waals surface area (Å²) in [6.45, 7) is 8.27. The van der Waals surface area contributed by atoms with Gasteiger partial charge in [0.1, 0.15) is 0 Å².